The summed E-state index contributed by atoms with van der Waals surface area (Å²) in [7, 11) is 1.47. The maximum absolute atomic E-state index is 12.9. The number of aromatic nitrogens is 2. The molecule has 0 saturated heterocycles. The van der Waals surface area contributed by atoms with E-state index in [0.29, 0.717) is 9.90 Å². The Hall–Kier alpha value is -2.03. The molecule has 0 bridgehead atoms. The first-order valence-electron chi connectivity index (χ1n) is 8.22. The number of carbonyl (C=O) groups is 1. The number of aryl methyl sites for hydroxylation is 1. The van der Waals surface area contributed by atoms with Gasteiger partial charge in [0.05, 0.1) is 29.4 Å². The highest BCUT2D eigenvalue weighted by atomic mass is 35.5. The van der Waals surface area contributed by atoms with E-state index < -0.39 is 18.9 Å². The lowest BCUT2D eigenvalue weighted by Crippen LogP contribution is -2.37. The Morgan fingerprint density at radius 3 is 2.85 bits per heavy atom. The zero-order chi connectivity index (χ0) is 19.6. The van der Waals surface area contributed by atoms with Gasteiger partial charge in [0.1, 0.15) is 4.83 Å². The van der Waals surface area contributed by atoms with Crippen molar-refractivity contribution >= 4 is 39.1 Å². The minimum absolute atomic E-state index is 0.104. The lowest BCUT2D eigenvalue weighted by Gasteiger charge is -2.21. The summed E-state index contributed by atoms with van der Waals surface area (Å²) in [6.45, 7) is 1.51. The first kappa shape index (κ1) is 19.7. The number of hydrogen-bond acceptors (Lipinski definition) is 4. The molecule has 0 aliphatic heterocycles. The average Bonchev–Trinajstić information content (AvgIpc) is 3.18. The second-order valence-corrected chi connectivity index (χ2v) is 7.41. The zero-order valence-electron chi connectivity index (χ0n) is 14.8. The summed E-state index contributed by atoms with van der Waals surface area (Å²) in [5.74, 6) is -0.439. The fraction of sp³-hybridized carbons (Fsp3) is 0.333. The molecular weight excluding hydrogens is 396 g/mol. The topological polar surface area (TPSA) is 47.4 Å². The predicted molar refractivity (Wildman–Crippen MR) is 102 cm³/mol. The van der Waals surface area contributed by atoms with Gasteiger partial charge in [0.2, 0.25) is 0 Å². The van der Waals surface area contributed by atoms with Crippen molar-refractivity contribution in [3.8, 4) is 5.69 Å². The van der Waals surface area contributed by atoms with Crippen LogP contribution in [-0.2, 0) is 4.74 Å². The van der Waals surface area contributed by atoms with Crippen LogP contribution in [0.4, 0.5) is 8.78 Å². The molecule has 0 N–H and O–H groups in total. The van der Waals surface area contributed by atoms with Gasteiger partial charge in [-0.15, -0.1) is 11.3 Å². The molecule has 0 spiro atoms. The number of nitrogens with zero attached hydrogens (tertiary/aromatic N) is 3. The van der Waals surface area contributed by atoms with E-state index in [2.05, 4.69) is 5.10 Å². The molecule has 2 aromatic heterocycles. The second-order valence-electron chi connectivity index (χ2n) is 5.94. The summed E-state index contributed by atoms with van der Waals surface area (Å²) < 4.78 is 32.4. The Morgan fingerprint density at radius 1 is 1.41 bits per heavy atom. The molecule has 2 heterocycles. The third-order valence-electron chi connectivity index (χ3n) is 4.02. The average molecular weight is 414 g/mol. The Labute approximate surface area is 164 Å². The molecule has 0 aliphatic rings. The number of benzene rings is 1. The molecule has 0 aliphatic carbocycles. The second kappa shape index (κ2) is 8.33. The van der Waals surface area contributed by atoms with Crippen molar-refractivity contribution in [1.82, 2.24) is 14.7 Å². The van der Waals surface area contributed by atoms with Gasteiger partial charge in [-0.05, 0) is 31.2 Å². The summed E-state index contributed by atoms with van der Waals surface area (Å²) in [5, 5.41) is 5.89. The number of thiophene rings is 1. The highest BCUT2D eigenvalue weighted by molar-refractivity contribution is 7.20. The minimum atomic E-state index is -2.61. The van der Waals surface area contributed by atoms with Crippen LogP contribution in [-0.4, -0.2) is 53.8 Å². The van der Waals surface area contributed by atoms with Crippen molar-refractivity contribution in [2.24, 2.45) is 0 Å². The largest absolute Gasteiger partial charge is 0.383 e. The molecule has 3 rings (SSSR count). The van der Waals surface area contributed by atoms with E-state index in [1.165, 1.54) is 18.4 Å². The van der Waals surface area contributed by atoms with Crippen LogP contribution in [0, 0.1) is 6.92 Å². The van der Waals surface area contributed by atoms with E-state index in [1.54, 1.807) is 22.9 Å². The molecule has 3 aromatic rings. The van der Waals surface area contributed by atoms with Crippen molar-refractivity contribution in [3.63, 3.8) is 0 Å². The number of fused-ring (bicyclic) bond motifs is 1. The lowest BCUT2D eigenvalue weighted by atomic mass is 10.3. The predicted octanol–water partition coefficient (Wildman–Crippen LogP) is 4.40. The smallest absolute Gasteiger partial charge is 0.264 e. The number of alkyl halides is 2. The van der Waals surface area contributed by atoms with Crippen LogP contribution in [0.15, 0.2) is 30.3 Å². The van der Waals surface area contributed by atoms with Gasteiger partial charge >= 0.3 is 0 Å². The van der Waals surface area contributed by atoms with Crippen LogP contribution >= 0.6 is 22.9 Å². The van der Waals surface area contributed by atoms with Crippen LogP contribution in [0.25, 0.3) is 15.9 Å². The van der Waals surface area contributed by atoms with Crippen LogP contribution < -0.4 is 0 Å². The summed E-state index contributed by atoms with van der Waals surface area (Å²) in [6.07, 6.45) is -2.61. The summed E-state index contributed by atoms with van der Waals surface area (Å²) in [6, 6.07) is 8.92. The fourth-order valence-electron chi connectivity index (χ4n) is 2.74. The first-order valence-corrected chi connectivity index (χ1v) is 9.41. The molecule has 0 radical (unpaired) electrons. The fourth-order valence-corrected chi connectivity index (χ4v) is 4.07. The maximum Gasteiger partial charge on any atom is 0.264 e. The lowest BCUT2D eigenvalue weighted by molar-refractivity contribution is 0.0482. The number of rotatable bonds is 7. The molecule has 0 fully saturated rings. The number of halogens is 3. The number of ether oxygens (including phenoxy) is 1. The van der Waals surface area contributed by atoms with E-state index in [9.17, 15) is 13.6 Å². The van der Waals surface area contributed by atoms with Crippen LogP contribution in [0.1, 0.15) is 15.4 Å². The minimum Gasteiger partial charge on any atom is -0.383 e. The highest BCUT2D eigenvalue weighted by Crippen LogP contribution is 2.31. The van der Waals surface area contributed by atoms with Gasteiger partial charge in [0, 0.05) is 24.1 Å². The summed E-state index contributed by atoms with van der Waals surface area (Å²) in [4.78, 5) is 15.0. The quantitative estimate of drug-likeness (QED) is 0.576. The van der Waals surface area contributed by atoms with Crippen LogP contribution in [0.3, 0.4) is 0 Å². The van der Waals surface area contributed by atoms with Gasteiger partial charge in [-0.1, -0.05) is 17.7 Å². The number of carbonyl (C=O) groups excluding carboxylic acids is 1. The van der Waals surface area contributed by atoms with Gasteiger partial charge in [-0.2, -0.15) is 5.10 Å². The van der Waals surface area contributed by atoms with Crippen molar-refractivity contribution in [2.75, 3.05) is 26.8 Å². The van der Waals surface area contributed by atoms with E-state index >= 15 is 0 Å². The summed E-state index contributed by atoms with van der Waals surface area (Å²) >= 11 is 7.29. The van der Waals surface area contributed by atoms with Gasteiger partial charge in [0.15, 0.2) is 0 Å². The highest BCUT2D eigenvalue weighted by Gasteiger charge is 2.23. The Bertz CT molecular complexity index is 957. The molecular formula is C18H18ClF2N3O2S. The van der Waals surface area contributed by atoms with Crippen LogP contribution in [0.2, 0.25) is 5.02 Å². The Kier molecular flexibility index (Phi) is 6.08. The Balaban J connectivity index is 1.98. The normalized spacial score (nSPS) is 11.5. The third-order valence-corrected chi connectivity index (χ3v) is 5.35. The molecule has 0 unspecified atom stereocenters. The molecule has 5 nitrogen and oxygen atoms in total. The third kappa shape index (κ3) is 4.28. The van der Waals surface area contributed by atoms with Crippen molar-refractivity contribution < 1.29 is 18.3 Å². The monoisotopic (exact) mass is 413 g/mol. The molecule has 1 aromatic carbocycles. The molecule has 0 saturated carbocycles. The molecule has 27 heavy (non-hydrogen) atoms. The molecule has 1 amide bonds. The van der Waals surface area contributed by atoms with Gasteiger partial charge < -0.3 is 9.64 Å². The number of amides is 1. The van der Waals surface area contributed by atoms with Gasteiger partial charge in [-0.25, -0.2) is 13.5 Å². The zero-order valence-corrected chi connectivity index (χ0v) is 16.4. The van der Waals surface area contributed by atoms with Gasteiger partial charge in [-0.3, -0.25) is 4.79 Å². The SMILES string of the molecule is COCCN(CC(F)F)C(=O)c1cc2c(C)nn(-c3cccc(Cl)c3)c2s1. The van der Waals surface area contributed by atoms with Crippen LogP contribution in [0.5, 0.6) is 0 Å². The van der Waals surface area contributed by atoms with E-state index in [-0.39, 0.29) is 13.2 Å². The maximum atomic E-state index is 12.9. The van der Waals surface area contributed by atoms with Crippen molar-refractivity contribution in [3.05, 3.63) is 45.9 Å². The van der Waals surface area contributed by atoms with Crippen molar-refractivity contribution in [2.45, 2.75) is 13.3 Å². The van der Waals surface area contributed by atoms with E-state index in [0.717, 1.165) is 26.5 Å². The molecule has 9 heteroatoms. The van der Waals surface area contributed by atoms with Gasteiger partial charge in [0.25, 0.3) is 12.3 Å². The van der Waals surface area contributed by atoms with E-state index in [4.69, 9.17) is 16.3 Å². The number of methoxy groups -OCH3 is 1. The van der Waals surface area contributed by atoms with E-state index in [1.807, 2.05) is 19.1 Å². The van der Waals surface area contributed by atoms with Crippen molar-refractivity contribution in [1.29, 1.82) is 0 Å². The molecule has 0 atom stereocenters. The number of hydrogen-bond donors (Lipinski definition) is 0. The standard InChI is InChI=1S/C18H18ClF2N3O2S/c1-11-14-9-15(17(25)23(6-7-26-2)10-16(20)21)27-18(14)24(22-11)13-5-3-4-12(19)8-13/h3-5,8-9,16H,6-7,10H2,1-2H3. The first-order chi connectivity index (χ1) is 12.9. The Morgan fingerprint density at radius 2 is 2.19 bits per heavy atom. The summed E-state index contributed by atoms with van der Waals surface area (Å²) in [5.41, 5.74) is 1.52. The molecule has 144 valence electrons.